The molecule has 0 radical (unpaired) electrons. The normalized spacial score (nSPS) is 10.4. The fraction of sp³-hybridized carbons (Fsp3) is 0.100. The van der Waals surface area contributed by atoms with Crippen LogP contribution in [0.5, 0.6) is 0 Å². The molecule has 0 fully saturated rings. The Morgan fingerprint density at radius 1 is 1.25 bits per heavy atom. The fourth-order valence-corrected chi connectivity index (χ4v) is 1.49. The smallest absolute Gasteiger partial charge is 0.744 e. The van der Waals surface area contributed by atoms with Crippen LogP contribution in [0.1, 0.15) is 17.3 Å². The topological polar surface area (TPSA) is 74.3 Å². The van der Waals surface area contributed by atoms with Crippen molar-refractivity contribution in [2.45, 2.75) is 11.8 Å². The first-order valence-corrected chi connectivity index (χ1v) is 5.49. The maximum absolute atomic E-state index is 11.4. The summed E-state index contributed by atoms with van der Waals surface area (Å²) in [4.78, 5) is 11.0. The molecule has 0 aliphatic rings. The zero-order valence-corrected chi connectivity index (χ0v) is 11.9. The van der Waals surface area contributed by atoms with E-state index in [4.69, 9.17) is 0 Å². The van der Waals surface area contributed by atoms with E-state index in [2.05, 4.69) is 6.58 Å². The molecule has 1 aromatic rings. The molecule has 0 spiro atoms. The summed E-state index contributed by atoms with van der Waals surface area (Å²) >= 11 is 0. The zero-order chi connectivity index (χ0) is 11.6. The van der Waals surface area contributed by atoms with Gasteiger partial charge < -0.3 is 4.55 Å². The van der Waals surface area contributed by atoms with E-state index in [1.165, 1.54) is 12.1 Å². The summed E-state index contributed by atoms with van der Waals surface area (Å²) in [7, 11) is -4.45. The Kier molecular flexibility index (Phi) is 5.58. The van der Waals surface area contributed by atoms with Crippen molar-refractivity contribution in [3.05, 3.63) is 42.0 Å². The number of hydrogen-bond acceptors (Lipinski definition) is 4. The van der Waals surface area contributed by atoms with Crippen LogP contribution in [0.4, 0.5) is 0 Å². The molecule has 16 heavy (non-hydrogen) atoms. The number of carbonyl (C=O) groups excluding carboxylic acids is 1. The monoisotopic (exact) mass is 248 g/mol. The molecular weight excluding hydrogens is 239 g/mol. The van der Waals surface area contributed by atoms with E-state index < -0.39 is 10.1 Å². The minimum Gasteiger partial charge on any atom is -0.744 e. The molecule has 0 saturated heterocycles. The number of allylic oxidation sites excluding steroid dienone is 1. The summed E-state index contributed by atoms with van der Waals surface area (Å²) in [5, 5.41) is 0. The molecule has 80 valence electrons. The predicted octanol–water partition coefficient (Wildman–Crippen LogP) is -1.65. The third-order valence-corrected chi connectivity index (χ3v) is 2.64. The Balaban J connectivity index is 0.00000225. The van der Waals surface area contributed by atoms with Crippen molar-refractivity contribution in [3.8, 4) is 0 Å². The Morgan fingerprint density at radius 2 is 1.69 bits per heavy atom. The molecule has 0 aromatic heterocycles. The number of benzene rings is 1. The first kappa shape index (κ1) is 15.5. The number of Topliss-reactive ketones (excluding diaryl/α,β-unsaturated/α-hetero) is 1. The molecule has 0 heterocycles. The maximum atomic E-state index is 11.4. The SMILES string of the molecule is C=C(C)C(=O)c1ccc(S(=O)(=O)[O-])cc1.[Na+]. The number of hydrogen-bond donors (Lipinski definition) is 0. The summed E-state index contributed by atoms with van der Waals surface area (Å²) < 4.78 is 31.8. The van der Waals surface area contributed by atoms with Gasteiger partial charge >= 0.3 is 29.6 Å². The van der Waals surface area contributed by atoms with Gasteiger partial charge in [-0.05, 0) is 36.8 Å². The summed E-state index contributed by atoms with van der Waals surface area (Å²) in [6, 6.07) is 4.81. The Labute approximate surface area is 116 Å². The summed E-state index contributed by atoms with van der Waals surface area (Å²) in [6.07, 6.45) is 0. The largest absolute Gasteiger partial charge is 1.00 e. The van der Waals surface area contributed by atoms with E-state index in [-0.39, 0.29) is 40.2 Å². The molecule has 4 nitrogen and oxygen atoms in total. The van der Waals surface area contributed by atoms with Gasteiger partial charge in [-0.1, -0.05) is 6.58 Å². The minimum atomic E-state index is -4.45. The molecule has 0 unspecified atom stereocenters. The van der Waals surface area contributed by atoms with Gasteiger partial charge in [0, 0.05) is 5.56 Å². The van der Waals surface area contributed by atoms with E-state index in [1.54, 1.807) is 6.92 Å². The van der Waals surface area contributed by atoms with Crippen molar-refractivity contribution in [1.29, 1.82) is 0 Å². The van der Waals surface area contributed by atoms with Gasteiger partial charge in [0.05, 0.1) is 4.90 Å². The van der Waals surface area contributed by atoms with Gasteiger partial charge in [-0.15, -0.1) is 0 Å². The number of ketones is 1. The van der Waals surface area contributed by atoms with Crippen molar-refractivity contribution in [1.82, 2.24) is 0 Å². The molecule has 0 atom stereocenters. The van der Waals surface area contributed by atoms with Gasteiger partial charge in [0.15, 0.2) is 5.78 Å². The predicted molar refractivity (Wildman–Crippen MR) is 53.5 cm³/mol. The van der Waals surface area contributed by atoms with Gasteiger partial charge in [-0.2, -0.15) is 0 Å². The Bertz CT molecular complexity index is 502. The van der Waals surface area contributed by atoms with Crippen molar-refractivity contribution < 1.29 is 47.3 Å². The second-order valence-corrected chi connectivity index (χ2v) is 4.47. The van der Waals surface area contributed by atoms with E-state index >= 15 is 0 Å². The Hall–Kier alpha value is -0.460. The van der Waals surface area contributed by atoms with Crippen LogP contribution >= 0.6 is 0 Å². The molecule has 0 amide bonds. The first-order chi connectivity index (χ1) is 6.82. The Morgan fingerprint density at radius 3 is 2.00 bits per heavy atom. The summed E-state index contributed by atoms with van der Waals surface area (Å²) in [5.41, 5.74) is 0.669. The van der Waals surface area contributed by atoms with Crippen LogP contribution in [-0.2, 0) is 10.1 Å². The van der Waals surface area contributed by atoms with Crippen molar-refractivity contribution >= 4 is 15.9 Å². The minimum absolute atomic E-state index is 0. The summed E-state index contributed by atoms with van der Waals surface area (Å²) in [6.45, 7) is 5.03. The van der Waals surface area contributed by atoms with Crippen molar-refractivity contribution in [2.24, 2.45) is 0 Å². The van der Waals surface area contributed by atoms with Gasteiger partial charge in [-0.25, -0.2) is 8.42 Å². The summed E-state index contributed by atoms with van der Waals surface area (Å²) in [5.74, 6) is -0.273. The van der Waals surface area contributed by atoms with Gasteiger partial charge in [0.25, 0.3) is 0 Å². The van der Waals surface area contributed by atoms with Crippen LogP contribution in [0, 0.1) is 0 Å². The van der Waals surface area contributed by atoms with Gasteiger partial charge in [0.1, 0.15) is 10.1 Å². The van der Waals surface area contributed by atoms with E-state index in [0.717, 1.165) is 12.1 Å². The second kappa shape index (κ2) is 5.75. The third-order valence-electron chi connectivity index (χ3n) is 1.79. The van der Waals surface area contributed by atoms with Crippen LogP contribution < -0.4 is 29.6 Å². The molecule has 0 bridgehead atoms. The standard InChI is InChI=1S/C10H10O4S.Na/c1-7(2)10(11)8-3-5-9(6-4-8)15(12,13)14;/h3-6H,1H2,2H3,(H,12,13,14);/q;+1/p-1. The average molecular weight is 248 g/mol. The van der Waals surface area contributed by atoms with Crippen LogP contribution in [0.2, 0.25) is 0 Å². The van der Waals surface area contributed by atoms with E-state index in [9.17, 15) is 17.8 Å². The molecule has 0 saturated carbocycles. The van der Waals surface area contributed by atoms with Crippen LogP contribution in [0.25, 0.3) is 0 Å². The number of carbonyl (C=O) groups is 1. The molecule has 0 aliphatic heterocycles. The van der Waals surface area contributed by atoms with Crippen LogP contribution in [-0.4, -0.2) is 18.8 Å². The van der Waals surface area contributed by atoms with Gasteiger partial charge in [-0.3, -0.25) is 4.79 Å². The average Bonchev–Trinajstić information content (AvgIpc) is 2.15. The molecule has 6 heteroatoms. The molecule has 1 rings (SSSR count). The maximum Gasteiger partial charge on any atom is 1.00 e. The molecule has 0 N–H and O–H groups in total. The van der Waals surface area contributed by atoms with Gasteiger partial charge in [0.2, 0.25) is 0 Å². The van der Waals surface area contributed by atoms with E-state index in [0.29, 0.717) is 11.1 Å². The second-order valence-electron chi connectivity index (χ2n) is 3.09. The number of rotatable bonds is 3. The quantitative estimate of drug-likeness (QED) is 0.278. The molecule has 0 aliphatic carbocycles. The molecule has 1 aromatic carbocycles. The first-order valence-electron chi connectivity index (χ1n) is 4.08. The third kappa shape index (κ3) is 3.84. The van der Waals surface area contributed by atoms with Crippen molar-refractivity contribution in [2.75, 3.05) is 0 Å². The fourth-order valence-electron chi connectivity index (χ4n) is 1.02. The van der Waals surface area contributed by atoms with Crippen molar-refractivity contribution in [3.63, 3.8) is 0 Å². The zero-order valence-electron chi connectivity index (χ0n) is 9.06. The molecular formula is C10H9NaO4S. The van der Waals surface area contributed by atoms with Crippen LogP contribution in [0.3, 0.4) is 0 Å². The van der Waals surface area contributed by atoms with E-state index in [1.807, 2.05) is 0 Å². The van der Waals surface area contributed by atoms with Crippen LogP contribution in [0.15, 0.2) is 41.3 Å².